The van der Waals surface area contributed by atoms with Gasteiger partial charge in [0, 0.05) is 55.1 Å². The number of benzene rings is 3. The Hall–Kier alpha value is -3.35. The Kier molecular flexibility index (Phi) is 6.02. The van der Waals surface area contributed by atoms with Crippen molar-refractivity contribution in [1.29, 1.82) is 0 Å². The van der Waals surface area contributed by atoms with E-state index in [1.165, 1.54) is 5.56 Å². The van der Waals surface area contributed by atoms with Crippen LogP contribution in [-0.4, -0.2) is 56.4 Å². The molecule has 0 aromatic heterocycles. The molecule has 0 bridgehead atoms. The van der Waals surface area contributed by atoms with Gasteiger partial charge in [0.05, 0.1) is 16.4 Å². The van der Waals surface area contributed by atoms with Gasteiger partial charge in [-0.1, -0.05) is 35.9 Å². The molecule has 6 nitrogen and oxygen atoms in total. The Morgan fingerprint density at radius 3 is 2.21 bits per heavy atom. The molecule has 7 heteroatoms. The number of carbonyl (C=O) groups excluding carboxylic acids is 2. The van der Waals surface area contributed by atoms with Crippen LogP contribution < -0.4 is 15.5 Å². The van der Waals surface area contributed by atoms with Crippen LogP contribution in [0, 0.1) is 0 Å². The Balaban J connectivity index is 1.49. The summed E-state index contributed by atoms with van der Waals surface area (Å²) in [5, 5.41) is 0.782. The Labute approximate surface area is 204 Å². The zero-order valence-electron chi connectivity index (χ0n) is 19.1. The first kappa shape index (κ1) is 22.4. The lowest BCUT2D eigenvalue weighted by atomic mass is 9.99. The summed E-state index contributed by atoms with van der Waals surface area (Å²) >= 11 is 6.71. The van der Waals surface area contributed by atoms with E-state index in [2.05, 4.69) is 33.9 Å². The molecule has 34 heavy (non-hydrogen) atoms. The fourth-order valence-electron chi connectivity index (χ4n) is 4.78. The van der Waals surface area contributed by atoms with Crippen molar-refractivity contribution in [2.24, 2.45) is 5.73 Å². The van der Waals surface area contributed by atoms with Crippen LogP contribution in [0.3, 0.4) is 0 Å². The summed E-state index contributed by atoms with van der Waals surface area (Å²) in [6.45, 7) is 4.66. The molecule has 0 unspecified atom stereocenters. The number of anilines is 3. The lowest BCUT2D eigenvalue weighted by Gasteiger charge is -2.35. The van der Waals surface area contributed by atoms with Crippen LogP contribution in [0.5, 0.6) is 0 Å². The van der Waals surface area contributed by atoms with Gasteiger partial charge in [-0.15, -0.1) is 0 Å². The van der Waals surface area contributed by atoms with Gasteiger partial charge in [-0.2, -0.15) is 0 Å². The van der Waals surface area contributed by atoms with Crippen molar-refractivity contribution in [3.05, 3.63) is 87.9 Å². The zero-order chi connectivity index (χ0) is 23.8. The van der Waals surface area contributed by atoms with Crippen molar-refractivity contribution in [1.82, 2.24) is 4.90 Å². The van der Waals surface area contributed by atoms with Gasteiger partial charge in [0.2, 0.25) is 5.91 Å². The van der Waals surface area contributed by atoms with Gasteiger partial charge in [0.25, 0.3) is 0 Å². The standard InChI is InChI=1S/C27H27ClN4O2/c1-30-12-14-31(15-13-30)25-17-24-20(16-22(25)28)10-11-32(24)23-5-3-2-4-21(23)26(33)18-6-8-19(9-7-18)27(29)34/h2-9,16-17H,10-15H2,1H3,(H2,29,34). The Morgan fingerprint density at radius 1 is 0.824 bits per heavy atom. The lowest BCUT2D eigenvalue weighted by molar-refractivity contribution is 0.0997. The molecule has 0 spiro atoms. The average Bonchev–Trinajstić information content (AvgIpc) is 3.26. The molecule has 0 atom stereocenters. The van der Waals surface area contributed by atoms with Crippen molar-refractivity contribution in [2.75, 3.05) is 49.6 Å². The third kappa shape index (κ3) is 4.15. The number of rotatable bonds is 5. The minimum Gasteiger partial charge on any atom is -0.368 e. The summed E-state index contributed by atoms with van der Waals surface area (Å²) < 4.78 is 0. The van der Waals surface area contributed by atoms with E-state index in [1.807, 2.05) is 24.3 Å². The van der Waals surface area contributed by atoms with Crippen LogP contribution in [0.25, 0.3) is 0 Å². The molecule has 1 amide bonds. The number of fused-ring (bicyclic) bond motifs is 1. The minimum absolute atomic E-state index is 0.0895. The molecule has 2 N–H and O–H groups in total. The van der Waals surface area contributed by atoms with E-state index in [1.54, 1.807) is 24.3 Å². The molecule has 1 saturated heterocycles. The number of nitrogens with two attached hydrogens (primary N) is 1. The third-order valence-electron chi connectivity index (χ3n) is 6.76. The van der Waals surface area contributed by atoms with Gasteiger partial charge in [0.1, 0.15) is 0 Å². The second-order valence-electron chi connectivity index (χ2n) is 8.91. The van der Waals surface area contributed by atoms with E-state index in [9.17, 15) is 9.59 Å². The van der Waals surface area contributed by atoms with Crippen molar-refractivity contribution >= 4 is 40.4 Å². The average molecular weight is 475 g/mol. The van der Waals surface area contributed by atoms with E-state index in [4.69, 9.17) is 17.3 Å². The van der Waals surface area contributed by atoms with Gasteiger partial charge < -0.3 is 20.4 Å². The van der Waals surface area contributed by atoms with E-state index in [0.717, 1.165) is 61.2 Å². The summed E-state index contributed by atoms with van der Waals surface area (Å²) in [4.78, 5) is 31.7. The first-order chi connectivity index (χ1) is 16.4. The molecule has 1 fully saturated rings. The van der Waals surface area contributed by atoms with Gasteiger partial charge in [-0.05, 0) is 55.4 Å². The van der Waals surface area contributed by atoms with Crippen molar-refractivity contribution in [3.8, 4) is 0 Å². The first-order valence-corrected chi connectivity index (χ1v) is 11.9. The summed E-state index contributed by atoms with van der Waals surface area (Å²) in [6, 6.07) is 18.4. The van der Waals surface area contributed by atoms with E-state index in [0.29, 0.717) is 16.7 Å². The normalized spacial score (nSPS) is 15.9. The fourth-order valence-corrected chi connectivity index (χ4v) is 5.08. The van der Waals surface area contributed by atoms with Crippen LogP contribution >= 0.6 is 11.6 Å². The second-order valence-corrected chi connectivity index (χ2v) is 9.32. The molecule has 174 valence electrons. The molecular formula is C27H27ClN4O2. The Morgan fingerprint density at radius 2 is 1.50 bits per heavy atom. The molecule has 3 aromatic carbocycles. The molecular weight excluding hydrogens is 448 g/mol. The predicted molar refractivity (Wildman–Crippen MR) is 137 cm³/mol. The van der Waals surface area contributed by atoms with Gasteiger partial charge in [-0.25, -0.2) is 0 Å². The van der Waals surface area contributed by atoms with Gasteiger partial charge in [-0.3, -0.25) is 9.59 Å². The third-order valence-corrected chi connectivity index (χ3v) is 7.06. The van der Waals surface area contributed by atoms with E-state index in [-0.39, 0.29) is 5.78 Å². The van der Waals surface area contributed by atoms with Gasteiger partial charge in [0.15, 0.2) is 5.78 Å². The molecule has 0 radical (unpaired) electrons. The molecule has 3 aromatic rings. The SMILES string of the molecule is CN1CCN(c2cc3c(cc2Cl)CCN3c2ccccc2C(=O)c2ccc(C(N)=O)cc2)CC1. The highest BCUT2D eigenvalue weighted by Gasteiger charge is 2.27. The number of nitrogens with zero attached hydrogens (tertiary/aromatic N) is 3. The monoisotopic (exact) mass is 474 g/mol. The van der Waals surface area contributed by atoms with Crippen LogP contribution in [0.4, 0.5) is 17.1 Å². The van der Waals surface area contributed by atoms with Crippen molar-refractivity contribution in [2.45, 2.75) is 6.42 Å². The summed E-state index contributed by atoms with van der Waals surface area (Å²) in [6.07, 6.45) is 0.869. The number of hydrogen-bond donors (Lipinski definition) is 1. The number of carbonyl (C=O) groups is 2. The van der Waals surface area contributed by atoms with Crippen LogP contribution in [0.1, 0.15) is 31.8 Å². The first-order valence-electron chi connectivity index (χ1n) is 11.5. The number of primary amides is 1. The second kappa shape index (κ2) is 9.12. The summed E-state index contributed by atoms with van der Waals surface area (Å²) in [5.74, 6) is -0.601. The molecule has 2 aliphatic heterocycles. The number of likely N-dealkylation sites (N-methyl/N-ethyl adjacent to an activating group) is 1. The number of hydrogen-bond acceptors (Lipinski definition) is 5. The van der Waals surface area contributed by atoms with Crippen LogP contribution in [0.2, 0.25) is 5.02 Å². The highest BCUT2D eigenvalue weighted by molar-refractivity contribution is 6.33. The number of halogens is 1. The van der Waals surface area contributed by atoms with E-state index < -0.39 is 5.91 Å². The summed E-state index contributed by atoms with van der Waals surface area (Å²) in [5.41, 5.74) is 11.1. The smallest absolute Gasteiger partial charge is 0.248 e. The highest BCUT2D eigenvalue weighted by atomic mass is 35.5. The number of piperazine rings is 1. The van der Waals surface area contributed by atoms with Crippen LogP contribution in [-0.2, 0) is 6.42 Å². The Bertz CT molecular complexity index is 1250. The van der Waals surface area contributed by atoms with Crippen molar-refractivity contribution < 1.29 is 9.59 Å². The summed E-state index contributed by atoms with van der Waals surface area (Å²) in [7, 11) is 2.14. The maximum atomic E-state index is 13.4. The molecule has 0 saturated carbocycles. The highest BCUT2D eigenvalue weighted by Crippen LogP contribution is 2.42. The predicted octanol–water partition coefficient (Wildman–Crippen LogP) is 4.12. The topological polar surface area (TPSA) is 69.9 Å². The van der Waals surface area contributed by atoms with Crippen LogP contribution in [0.15, 0.2) is 60.7 Å². The minimum atomic E-state index is -0.511. The maximum absolute atomic E-state index is 13.4. The largest absolute Gasteiger partial charge is 0.368 e. The number of ketones is 1. The molecule has 0 aliphatic carbocycles. The van der Waals surface area contributed by atoms with E-state index >= 15 is 0 Å². The molecule has 2 aliphatic rings. The zero-order valence-corrected chi connectivity index (χ0v) is 19.9. The molecule has 5 rings (SSSR count). The van der Waals surface area contributed by atoms with Gasteiger partial charge >= 0.3 is 0 Å². The quantitative estimate of drug-likeness (QED) is 0.563. The lowest BCUT2D eigenvalue weighted by Crippen LogP contribution is -2.44. The van der Waals surface area contributed by atoms with Crippen molar-refractivity contribution in [3.63, 3.8) is 0 Å². The maximum Gasteiger partial charge on any atom is 0.248 e. The number of para-hydroxylation sites is 1. The number of amides is 1. The fraction of sp³-hybridized carbons (Fsp3) is 0.259. The molecule has 2 heterocycles.